The van der Waals surface area contributed by atoms with Crippen molar-refractivity contribution in [1.82, 2.24) is 5.32 Å². The largest absolute Gasteiger partial charge is 0.388 e. The molecular formula is C16H25NO2. The average molecular weight is 263 g/mol. The van der Waals surface area contributed by atoms with Gasteiger partial charge in [-0.2, -0.15) is 0 Å². The van der Waals surface area contributed by atoms with Gasteiger partial charge < -0.3 is 10.4 Å². The van der Waals surface area contributed by atoms with E-state index in [4.69, 9.17) is 0 Å². The van der Waals surface area contributed by atoms with E-state index in [9.17, 15) is 9.90 Å². The lowest BCUT2D eigenvalue weighted by molar-refractivity contribution is 0.0368. The molecule has 3 heteroatoms. The zero-order chi connectivity index (χ0) is 14.6. The molecule has 1 atom stereocenters. The van der Waals surface area contributed by atoms with Crippen molar-refractivity contribution in [2.24, 2.45) is 5.92 Å². The maximum Gasteiger partial charge on any atom is 0.251 e. The summed E-state index contributed by atoms with van der Waals surface area (Å²) in [4.78, 5) is 12.1. The highest BCUT2D eigenvalue weighted by Crippen LogP contribution is 2.15. The van der Waals surface area contributed by atoms with Crippen molar-refractivity contribution in [3.05, 3.63) is 34.9 Å². The van der Waals surface area contributed by atoms with Gasteiger partial charge in [0.2, 0.25) is 0 Å². The molecule has 0 saturated heterocycles. The Morgan fingerprint density at radius 3 is 2.26 bits per heavy atom. The van der Waals surface area contributed by atoms with Crippen LogP contribution in [0.3, 0.4) is 0 Å². The second-order valence-corrected chi connectivity index (χ2v) is 6.15. The topological polar surface area (TPSA) is 49.3 Å². The van der Waals surface area contributed by atoms with Crippen molar-refractivity contribution < 1.29 is 9.90 Å². The van der Waals surface area contributed by atoms with Gasteiger partial charge in [0.25, 0.3) is 5.91 Å². The van der Waals surface area contributed by atoms with Gasteiger partial charge in [0.1, 0.15) is 0 Å². The molecule has 0 aromatic heterocycles. The van der Waals surface area contributed by atoms with Crippen molar-refractivity contribution in [2.45, 2.75) is 46.6 Å². The van der Waals surface area contributed by atoms with Crippen LogP contribution in [0.2, 0.25) is 0 Å². The Balaban J connectivity index is 2.65. The highest BCUT2D eigenvalue weighted by atomic mass is 16.3. The van der Waals surface area contributed by atoms with Gasteiger partial charge in [0.05, 0.1) is 5.60 Å². The number of aryl methyl sites for hydroxylation is 2. The number of amides is 1. The zero-order valence-electron chi connectivity index (χ0n) is 12.6. The van der Waals surface area contributed by atoms with E-state index in [-0.39, 0.29) is 12.5 Å². The van der Waals surface area contributed by atoms with Crippen LogP contribution in [-0.4, -0.2) is 23.2 Å². The Morgan fingerprint density at radius 2 is 1.79 bits per heavy atom. The summed E-state index contributed by atoms with van der Waals surface area (Å²) in [5, 5.41) is 13.0. The van der Waals surface area contributed by atoms with E-state index in [1.165, 1.54) is 0 Å². The predicted octanol–water partition coefficient (Wildman–Crippen LogP) is 2.83. The minimum absolute atomic E-state index is 0.129. The summed E-state index contributed by atoms with van der Waals surface area (Å²) in [5.41, 5.74) is 1.93. The average Bonchev–Trinajstić information content (AvgIpc) is 2.22. The molecular weight excluding hydrogens is 238 g/mol. The molecule has 0 fully saturated rings. The third-order valence-electron chi connectivity index (χ3n) is 2.96. The third-order valence-corrected chi connectivity index (χ3v) is 2.96. The molecule has 106 valence electrons. The van der Waals surface area contributed by atoms with Crippen LogP contribution in [0.15, 0.2) is 18.2 Å². The summed E-state index contributed by atoms with van der Waals surface area (Å²) < 4.78 is 0. The van der Waals surface area contributed by atoms with Crippen LogP contribution in [0.4, 0.5) is 0 Å². The van der Waals surface area contributed by atoms with Crippen molar-refractivity contribution in [1.29, 1.82) is 0 Å². The third kappa shape index (κ3) is 5.43. The number of rotatable bonds is 5. The molecule has 1 rings (SSSR count). The molecule has 0 aliphatic heterocycles. The van der Waals surface area contributed by atoms with Crippen LogP contribution >= 0.6 is 0 Å². The summed E-state index contributed by atoms with van der Waals surface area (Å²) in [6.45, 7) is 10.1. The molecule has 19 heavy (non-hydrogen) atoms. The highest BCUT2D eigenvalue weighted by Gasteiger charge is 2.22. The first-order valence-electron chi connectivity index (χ1n) is 6.78. The van der Waals surface area contributed by atoms with Gasteiger partial charge in [-0.15, -0.1) is 0 Å². The lowest BCUT2D eigenvalue weighted by atomic mass is 9.94. The molecule has 0 bridgehead atoms. The molecule has 1 unspecified atom stereocenters. The van der Waals surface area contributed by atoms with E-state index >= 15 is 0 Å². The molecule has 0 spiro atoms. The number of aliphatic hydroxyl groups is 1. The number of nitrogens with one attached hydrogen (secondary N) is 1. The Morgan fingerprint density at radius 1 is 1.26 bits per heavy atom. The van der Waals surface area contributed by atoms with Gasteiger partial charge in [-0.3, -0.25) is 4.79 Å². The molecule has 0 aliphatic carbocycles. The number of hydrogen-bond donors (Lipinski definition) is 2. The fourth-order valence-electron chi connectivity index (χ4n) is 2.43. The van der Waals surface area contributed by atoms with Crippen molar-refractivity contribution in [2.75, 3.05) is 6.54 Å². The van der Waals surface area contributed by atoms with Crippen LogP contribution in [0, 0.1) is 19.8 Å². The first-order chi connectivity index (χ1) is 8.69. The molecule has 1 aromatic rings. The number of carbonyl (C=O) groups excluding carboxylic acids is 1. The lowest BCUT2D eigenvalue weighted by Gasteiger charge is -2.25. The number of carbonyl (C=O) groups is 1. The van der Waals surface area contributed by atoms with Crippen LogP contribution in [0.25, 0.3) is 0 Å². The van der Waals surface area contributed by atoms with Gasteiger partial charge in [-0.1, -0.05) is 31.0 Å². The van der Waals surface area contributed by atoms with Gasteiger partial charge >= 0.3 is 0 Å². The van der Waals surface area contributed by atoms with Gasteiger partial charge in [0, 0.05) is 12.1 Å². The summed E-state index contributed by atoms with van der Waals surface area (Å²) >= 11 is 0. The Bertz CT molecular complexity index is 430. The SMILES string of the molecule is Cc1cc(C)cc(C(=O)NCC(C)(O)CC(C)C)c1. The minimum atomic E-state index is -0.858. The molecule has 1 amide bonds. The minimum Gasteiger partial charge on any atom is -0.388 e. The lowest BCUT2D eigenvalue weighted by Crippen LogP contribution is -2.41. The smallest absolute Gasteiger partial charge is 0.251 e. The van der Waals surface area contributed by atoms with E-state index in [2.05, 4.69) is 19.2 Å². The monoisotopic (exact) mass is 263 g/mol. The van der Waals surface area contributed by atoms with Crippen LogP contribution < -0.4 is 5.32 Å². The zero-order valence-corrected chi connectivity index (χ0v) is 12.6. The summed E-state index contributed by atoms with van der Waals surface area (Å²) in [5.74, 6) is 0.268. The predicted molar refractivity (Wildman–Crippen MR) is 78.3 cm³/mol. The van der Waals surface area contributed by atoms with E-state index in [0.717, 1.165) is 11.1 Å². The maximum absolute atomic E-state index is 12.1. The van der Waals surface area contributed by atoms with Crippen molar-refractivity contribution in [3.8, 4) is 0 Å². The van der Waals surface area contributed by atoms with Gasteiger partial charge in [0.15, 0.2) is 0 Å². The van der Waals surface area contributed by atoms with E-state index in [1.54, 1.807) is 6.92 Å². The summed E-state index contributed by atoms with van der Waals surface area (Å²) in [6, 6.07) is 5.75. The number of hydrogen-bond acceptors (Lipinski definition) is 2. The second kappa shape index (κ2) is 6.20. The molecule has 0 radical (unpaired) electrons. The molecule has 0 saturated carbocycles. The summed E-state index contributed by atoms with van der Waals surface area (Å²) in [7, 11) is 0. The fraction of sp³-hybridized carbons (Fsp3) is 0.562. The molecule has 0 heterocycles. The van der Waals surface area contributed by atoms with Gasteiger partial charge in [-0.25, -0.2) is 0 Å². The van der Waals surface area contributed by atoms with Crippen molar-refractivity contribution >= 4 is 5.91 Å². The highest BCUT2D eigenvalue weighted by molar-refractivity contribution is 5.94. The fourth-order valence-corrected chi connectivity index (χ4v) is 2.43. The molecule has 2 N–H and O–H groups in total. The molecule has 3 nitrogen and oxygen atoms in total. The maximum atomic E-state index is 12.1. The van der Waals surface area contributed by atoms with Crippen LogP contribution in [0.1, 0.15) is 48.7 Å². The second-order valence-electron chi connectivity index (χ2n) is 6.15. The first-order valence-corrected chi connectivity index (χ1v) is 6.78. The molecule has 1 aromatic carbocycles. The Labute approximate surface area is 116 Å². The van der Waals surface area contributed by atoms with Crippen LogP contribution in [-0.2, 0) is 0 Å². The quantitative estimate of drug-likeness (QED) is 0.858. The Kier molecular flexibility index (Phi) is 5.12. The van der Waals surface area contributed by atoms with E-state index in [0.29, 0.717) is 17.9 Å². The van der Waals surface area contributed by atoms with Gasteiger partial charge in [-0.05, 0) is 45.2 Å². The Hall–Kier alpha value is -1.35. The van der Waals surface area contributed by atoms with Crippen LogP contribution in [0.5, 0.6) is 0 Å². The van der Waals surface area contributed by atoms with E-state index < -0.39 is 5.60 Å². The van der Waals surface area contributed by atoms with Crippen molar-refractivity contribution in [3.63, 3.8) is 0 Å². The molecule has 0 aliphatic rings. The normalized spacial score (nSPS) is 14.3. The first kappa shape index (κ1) is 15.7. The van der Waals surface area contributed by atoms with E-state index in [1.807, 2.05) is 32.0 Å². The standard InChI is InChI=1S/C16H25NO2/c1-11(2)9-16(5,19)10-17-15(18)14-7-12(3)6-13(4)8-14/h6-8,11,19H,9-10H2,1-5H3,(H,17,18). The number of benzene rings is 1. The summed E-state index contributed by atoms with van der Waals surface area (Å²) in [6.07, 6.45) is 0.667.